The van der Waals surface area contributed by atoms with Crippen LogP contribution in [0.15, 0.2) is 23.5 Å². The molecule has 2 rings (SSSR count). The number of ether oxygens (including phenoxy) is 2. The molecule has 116 valence electrons. The summed E-state index contributed by atoms with van der Waals surface area (Å²) in [5, 5.41) is 3.03. The third kappa shape index (κ3) is 4.90. The van der Waals surface area contributed by atoms with E-state index in [-0.39, 0.29) is 11.5 Å². The molecule has 0 saturated carbocycles. The van der Waals surface area contributed by atoms with E-state index in [0.29, 0.717) is 19.2 Å². The summed E-state index contributed by atoms with van der Waals surface area (Å²) in [7, 11) is 0. The van der Waals surface area contributed by atoms with Crippen molar-refractivity contribution >= 4 is 6.02 Å². The number of hydrogen-bond acceptors (Lipinski definition) is 6. The molecule has 1 atom stereocenters. The van der Waals surface area contributed by atoms with Crippen LogP contribution in [0.4, 0.5) is 0 Å². The number of pyridine rings is 1. The zero-order valence-electron chi connectivity index (χ0n) is 12.9. The van der Waals surface area contributed by atoms with E-state index in [9.17, 15) is 0 Å². The van der Waals surface area contributed by atoms with Crippen molar-refractivity contribution in [1.29, 1.82) is 0 Å². The molecule has 0 aromatic carbocycles. The van der Waals surface area contributed by atoms with Gasteiger partial charge in [0.15, 0.2) is 0 Å². The van der Waals surface area contributed by atoms with Gasteiger partial charge < -0.3 is 20.5 Å². The molecule has 0 bridgehead atoms. The lowest BCUT2D eigenvalue weighted by Gasteiger charge is -2.19. The zero-order chi connectivity index (χ0) is 15.3. The maximum Gasteiger partial charge on any atom is 0.284 e. The quantitative estimate of drug-likeness (QED) is 0.848. The molecule has 1 aliphatic heterocycles. The standard InChI is InChI=1S/C15H24N4O2/c1-15(2,3)11-6-13(8-17-7-11)20-9-12(16)10-21-14-18-4-5-19-14/h6-8,12H,4-5,9-10,16H2,1-3H3,(H,18,19)/t12-/m1/s1. The first-order valence-corrected chi connectivity index (χ1v) is 7.20. The maximum absolute atomic E-state index is 5.97. The second kappa shape index (κ2) is 6.76. The first-order chi connectivity index (χ1) is 9.95. The molecule has 0 spiro atoms. The van der Waals surface area contributed by atoms with Crippen LogP contribution < -0.4 is 15.8 Å². The number of rotatable bonds is 5. The number of hydrogen-bond donors (Lipinski definition) is 2. The minimum absolute atomic E-state index is 0.0455. The fourth-order valence-corrected chi connectivity index (χ4v) is 1.82. The van der Waals surface area contributed by atoms with Crippen LogP contribution in [0.2, 0.25) is 0 Å². The Morgan fingerprint density at radius 2 is 2.05 bits per heavy atom. The van der Waals surface area contributed by atoms with Crippen LogP contribution in [-0.2, 0) is 10.2 Å². The number of aromatic nitrogens is 1. The molecule has 6 nitrogen and oxygen atoms in total. The Balaban J connectivity index is 1.79. The fraction of sp³-hybridized carbons (Fsp3) is 0.600. The van der Waals surface area contributed by atoms with Crippen LogP contribution in [-0.4, -0.2) is 43.4 Å². The topological polar surface area (TPSA) is 81.8 Å². The van der Waals surface area contributed by atoms with E-state index >= 15 is 0 Å². The molecule has 0 fully saturated rings. The van der Waals surface area contributed by atoms with Crippen molar-refractivity contribution in [3.63, 3.8) is 0 Å². The lowest BCUT2D eigenvalue weighted by Crippen LogP contribution is -2.35. The second-order valence-electron chi connectivity index (χ2n) is 6.16. The minimum Gasteiger partial charge on any atom is -0.490 e. The van der Waals surface area contributed by atoms with Gasteiger partial charge in [-0.15, -0.1) is 0 Å². The van der Waals surface area contributed by atoms with E-state index in [1.54, 1.807) is 6.20 Å². The predicted molar refractivity (Wildman–Crippen MR) is 82.7 cm³/mol. The molecule has 0 saturated heterocycles. The van der Waals surface area contributed by atoms with Crippen LogP contribution in [0.3, 0.4) is 0 Å². The molecular formula is C15H24N4O2. The molecule has 0 radical (unpaired) electrons. The third-order valence-corrected chi connectivity index (χ3v) is 3.12. The highest BCUT2D eigenvalue weighted by molar-refractivity contribution is 5.75. The van der Waals surface area contributed by atoms with Crippen molar-refractivity contribution in [1.82, 2.24) is 10.3 Å². The van der Waals surface area contributed by atoms with Crippen molar-refractivity contribution < 1.29 is 9.47 Å². The summed E-state index contributed by atoms with van der Waals surface area (Å²) >= 11 is 0. The lowest BCUT2D eigenvalue weighted by molar-refractivity contribution is 0.208. The lowest BCUT2D eigenvalue weighted by atomic mass is 9.88. The Kier molecular flexibility index (Phi) is 5.01. The molecular weight excluding hydrogens is 268 g/mol. The molecule has 1 aliphatic rings. The van der Waals surface area contributed by atoms with Gasteiger partial charge in [-0.25, -0.2) is 4.99 Å². The molecule has 21 heavy (non-hydrogen) atoms. The smallest absolute Gasteiger partial charge is 0.284 e. The van der Waals surface area contributed by atoms with Gasteiger partial charge in [0.05, 0.1) is 18.8 Å². The highest BCUT2D eigenvalue weighted by Crippen LogP contribution is 2.24. The van der Waals surface area contributed by atoms with Gasteiger partial charge in [0.25, 0.3) is 6.02 Å². The molecule has 6 heteroatoms. The number of nitrogens with one attached hydrogen (secondary N) is 1. The maximum atomic E-state index is 5.97. The Bertz CT molecular complexity index is 497. The number of nitrogens with zero attached hydrogens (tertiary/aromatic N) is 2. The Morgan fingerprint density at radius 1 is 1.29 bits per heavy atom. The van der Waals surface area contributed by atoms with Crippen LogP contribution >= 0.6 is 0 Å². The monoisotopic (exact) mass is 292 g/mol. The van der Waals surface area contributed by atoms with Crippen molar-refractivity contribution in [2.75, 3.05) is 26.3 Å². The van der Waals surface area contributed by atoms with Gasteiger partial charge >= 0.3 is 0 Å². The summed E-state index contributed by atoms with van der Waals surface area (Å²) in [4.78, 5) is 8.35. The van der Waals surface area contributed by atoms with Crippen molar-refractivity contribution in [2.45, 2.75) is 32.2 Å². The van der Waals surface area contributed by atoms with E-state index in [1.807, 2.05) is 12.3 Å². The van der Waals surface area contributed by atoms with E-state index in [1.165, 1.54) is 0 Å². The largest absolute Gasteiger partial charge is 0.490 e. The number of aliphatic imine (C=N–C) groups is 1. The van der Waals surface area contributed by atoms with Crippen molar-refractivity contribution in [2.24, 2.45) is 10.7 Å². The van der Waals surface area contributed by atoms with Gasteiger partial charge in [0.1, 0.15) is 19.0 Å². The number of amidine groups is 1. The van der Waals surface area contributed by atoms with Crippen LogP contribution in [0.5, 0.6) is 5.75 Å². The van der Waals surface area contributed by atoms with Crippen LogP contribution in [0.25, 0.3) is 0 Å². The molecule has 2 heterocycles. The third-order valence-electron chi connectivity index (χ3n) is 3.12. The molecule has 1 aromatic rings. The van der Waals surface area contributed by atoms with E-state index in [4.69, 9.17) is 15.2 Å². The highest BCUT2D eigenvalue weighted by Gasteiger charge is 2.15. The summed E-state index contributed by atoms with van der Waals surface area (Å²) < 4.78 is 11.1. The molecule has 3 N–H and O–H groups in total. The zero-order valence-corrected chi connectivity index (χ0v) is 12.9. The summed E-state index contributed by atoms with van der Waals surface area (Å²) in [6.45, 7) is 8.76. The van der Waals surface area contributed by atoms with Crippen LogP contribution in [0, 0.1) is 0 Å². The van der Waals surface area contributed by atoms with E-state index in [0.717, 1.165) is 24.4 Å². The van der Waals surface area contributed by atoms with E-state index < -0.39 is 0 Å². The van der Waals surface area contributed by atoms with Gasteiger partial charge in [0, 0.05) is 12.7 Å². The first-order valence-electron chi connectivity index (χ1n) is 7.20. The van der Waals surface area contributed by atoms with Gasteiger partial charge in [-0.3, -0.25) is 4.98 Å². The summed E-state index contributed by atoms with van der Waals surface area (Å²) in [6, 6.07) is 2.36. The van der Waals surface area contributed by atoms with Gasteiger partial charge in [-0.2, -0.15) is 0 Å². The molecule has 0 aliphatic carbocycles. The average Bonchev–Trinajstić information content (AvgIpc) is 2.95. The van der Waals surface area contributed by atoms with Gasteiger partial charge in [0.2, 0.25) is 0 Å². The molecule has 0 amide bonds. The number of nitrogens with two attached hydrogens (primary N) is 1. The Morgan fingerprint density at radius 3 is 2.71 bits per heavy atom. The van der Waals surface area contributed by atoms with Crippen molar-refractivity contribution in [3.05, 3.63) is 24.0 Å². The van der Waals surface area contributed by atoms with Gasteiger partial charge in [-0.05, 0) is 17.0 Å². The van der Waals surface area contributed by atoms with Crippen LogP contribution in [0.1, 0.15) is 26.3 Å². The fourth-order valence-electron chi connectivity index (χ4n) is 1.82. The summed E-state index contributed by atoms with van der Waals surface area (Å²) in [5.74, 6) is 0.731. The van der Waals surface area contributed by atoms with Gasteiger partial charge in [-0.1, -0.05) is 20.8 Å². The Hall–Kier alpha value is -1.82. The SMILES string of the molecule is CC(C)(C)c1cncc(OC[C@@H](N)COC2=NCCN2)c1. The summed E-state index contributed by atoms with van der Waals surface area (Å²) in [5.41, 5.74) is 7.15. The summed E-state index contributed by atoms with van der Waals surface area (Å²) in [6.07, 6.45) is 3.56. The molecule has 0 unspecified atom stereocenters. The first kappa shape index (κ1) is 15.6. The minimum atomic E-state index is -0.214. The Labute approximate surface area is 125 Å². The normalized spacial score (nSPS) is 16.1. The average molecular weight is 292 g/mol. The second-order valence-corrected chi connectivity index (χ2v) is 6.16. The molecule has 1 aromatic heterocycles. The predicted octanol–water partition coefficient (Wildman–Crippen LogP) is 1.06. The highest BCUT2D eigenvalue weighted by atomic mass is 16.5. The van der Waals surface area contributed by atoms with Crippen molar-refractivity contribution in [3.8, 4) is 5.75 Å². The van der Waals surface area contributed by atoms with E-state index in [2.05, 4.69) is 36.1 Å².